The summed E-state index contributed by atoms with van der Waals surface area (Å²) in [6.07, 6.45) is 0. The topological polar surface area (TPSA) is 111 Å². The van der Waals surface area contributed by atoms with Crippen molar-refractivity contribution in [1.82, 2.24) is 4.72 Å². The van der Waals surface area contributed by atoms with Crippen LogP contribution in [-0.4, -0.2) is 47.9 Å². The normalized spacial score (nSPS) is 14.3. The summed E-state index contributed by atoms with van der Waals surface area (Å²) in [5.74, 6) is -1.45. The molecule has 3 rings (SSSR count). The van der Waals surface area contributed by atoms with Gasteiger partial charge in [0.15, 0.2) is 0 Å². The molecule has 0 bridgehead atoms. The Bertz CT molecular complexity index is 1080. The molecule has 2 aromatic rings. The van der Waals surface area contributed by atoms with E-state index in [1.165, 1.54) is 43.4 Å². The van der Waals surface area contributed by atoms with Crippen molar-refractivity contribution < 1.29 is 32.2 Å². The van der Waals surface area contributed by atoms with Gasteiger partial charge in [0.1, 0.15) is 12.4 Å². The van der Waals surface area contributed by atoms with Crippen molar-refractivity contribution in [2.75, 3.05) is 32.5 Å². The minimum absolute atomic E-state index is 0.0154. The number of hydrogen-bond acceptors (Lipinski definition) is 8. The molecule has 0 spiro atoms. The molecule has 0 radical (unpaired) electrons. The lowest BCUT2D eigenvalue weighted by Gasteiger charge is -2.31. The van der Waals surface area contributed by atoms with Gasteiger partial charge in [-0.25, -0.2) is 22.7 Å². The van der Waals surface area contributed by atoms with E-state index in [9.17, 15) is 18.0 Å². The van der Waals surface area contributed by atoms with Crippen LogP contribution < -0.4 is 9.62 Å². The first-order valence-electron chi connectivity index (χ1n) is 9.26. The highest BCUT2D eigenvalue weighted by Gasteiger charge is 2.32. The lowest BCUT2D eigenvalue weighted by Crippen LogP contribution is -2.38. The van der Waals surface area contributed by atoms with Gasteiger partial charge in [-0.1, -0.05) is 30.3 Å². The number of benzene rings is 2. The highest BCUT2D eigenvalue weighted by Crippen LogP contribution is 2.27. The molecule has 0 fully saturated rings. The molecule has 0 aliphatic carbocycles. The van der Waals surface area contributed by atoms with E-state index in [0.29, 0.717) is 5.69 Å². The van der Waals surface area contributed by atoms with Crippen molar-refractivity contribution in [3.8, 4) is 0 Å². The van der Waals surface area contributed by atoms with Crippen LogP contribution in [0.4, 0.5) is 5.69 Å². The first-order valence-corrected chi connectivity index (χ1v) is 10.7. The number of carbonyl (C=O) groups excluding carboxylic acids is 2. The number of anilines is 1. The molecule has 1 heterocycles. The summed E-state index contributed by atoms with van der Waals surface area (Å²) >= 11 is 0. The van der Waals surface area contributed by atoms with Crippen molar-refractivity contribution in [3.05, 3.63) is 71.4 Å². The predicted octanol–water partition coefficient (Wildman–Crippen LogP) is 1.56. The van der Waals surface area contributed by atoms with E-state index in [0.717, 1.165) is 5.56 Å². The number of carbonyl (C=O) groups is 2. The van der Waals surface area contributed by atoms with Gasteiger partial charge in [-0.05, 0) is 29.8 Å². The van der Waals surface area contributed by atoms with Crippen LogP contribution in [0.15, 0.2) is 70.8 Å². The summed E-state index contributed by atoms with van der Waals surface area (Å²) in [4.78, 5) is 25.9. The summed E-state index contributed by atoms with van der Waals surface area (Å²) in [5, 5.41) is 0. The maximum absolute atomic E-state index is 12.6. The Morgan fingerprint density at radius 3 is 2.26 bits per heavy atom. The van der Waals surface area contributed by atoms with Crippen molar-refractivity contribution >= 4 is 27.6 Å². The van der Waals surface area contributed by atoms with Crippen molar-refractivity contribution in [2.45, 2.75) is 11.4 Å². The first-order chi connectivity index (χ1) is 14.9. The molecule has 1 N–H and O–H groups in total. The van der Waals surface area contributed by atoms with Gasteiger partial charge in [0, 0.05) is 12.2 Å². The second-order valence-electron chi connectivity index (χ2n) is 6.52. The van der Waals surface area contributed by atoms with E-state index in [1.54, 1.807) is 0 Å². The van der Waals surface area contributed by atoms with E-state index >= 15 is 0 Å². The Kier molecular flexibility index (Phi) is 7.06. The van der Waals surface area contributed by atoms with Crippen molar-refractivity contribution in [3.63, 3.8) is 0 Å². The number of ether oxygens (including phenoxy) is 3. The van der Waals surface area contributed by atoms with E-state index in [4.69, 9.17) is 14.2 Å². The van der Waals surface area contributed by atoms with Crippen LogP contribution in [0.25, 0.3) is 0 Å². The van der Waals surface area contributed by atoms with Crippen LogP contribution in [0.2, 0.25) is 0 Å². The maximum Gasteiger partial charge on any atom is 0.355 e. The SMILES string of the molecule is COC(=O)C1=C(C(=O)OC)N(c2ccc(S(=O)(=O)NCc3ccccc3)cc2)COC1. The van der Waals surface area contributed by atoms with Crippen LogP contribution in [0.1, 0.15) is 5.56 Å². The van der Waals surface area contributed by atoms with Crippen molar-refractivity contribution in [1.29, 1.82) is 0 Å². The Hall–Kier alpha value is -3.21. The van der Waals surface area contributed by atoms with Gasteiger partial charge in [0.05, 0.1) is 31.3 Å². The number of esters is 2. The Labute approximate surface area is 180 Å². The Morgan fingerprint density at radius 1 is 1.00 bits per heavy atom. The molecule has 2 aromatic carbocycles. The van der Waals surface area contributed by atoms with Crippen LogP contribution in [0.3, 0.4) is 0 Å². The quantitative estimate of drug-likeness (QED) is 0.638. The van der Waals surface area contributed by atoms with Gasteiger partial charge in [-0.3, -0.25) is 0 Å². The molecule has 31 heavy (non-hydrogen) atoms. The lowest BCUT2D eigenvalue weighted by atomic mass is 10.1. The fraction of sp³-hybridized carbons (Fsp3) is 0.238. The smallest absolute Gasteiger partial charge is 0.355 e. The average molecular weight is 446 g/mol. The Balaban J connectivity index is 1.85. The van der Waals surface area contributed by atoms with E-state index in [1.807, 2.05) is 30.3 Å². The predicted molar refractivity (Wildman–Crippen MR) is 111 cm³/mol. The maximum atomic E-state index is 12.6. The minimum Gasteiger partial charge on any atom is -0.466 e. The van der Waals surface area contributed by atoms with Crippen LogP contribution in [0, 0.1) is 0 Å². The Morgan fingerprint density at radius 2 is 1.65 bits per heavy atom. The zero-order valence-corrected chi connectivity index (χ0v) is 17.8. The van der Waals surface area contributed by atoms with Crippen LogP contribution in [-0.2, 0) is 40.4 Å². The third-order valence-corrected chi connectivity index (χ3v) is 6.02. The summed E-state index contributed by atoms with van der Waals surface area (Å²) in [6.45, 7) is 0.0232. The molecule has 9 nitrogen and oxygen atoms in total. The van der Waals surface area contributed by atoms with Crippen LogP contribution >= 0.6 is 0 Å². The van der Waals surface area contributed by atoms with Gasteiger partial charge in [0.25, 0.3) is 0 Å². The van der Waals surface area contributed by atoms with E-state index < -0.39 is 22.0 Å². The number of rotatable bonds is 7. The average Bonchev–Trinajstić information content (AvgIpc) is 2.82. The number of hydrogen-bond donors (Lipinski definition) is 1. The summed E-state index contributed by atoms with van der Waals surface area (Å²) in [6, 6.07) is 15.0. The molecule has 1 aliphatic rings. The first kappa shape index (κ1) is 22.5. The fourth-order valence-electron chi connectivity index (χ4n) is 3.01. The second-order valence-corrected chi connectivity index (χ2v) is 8.29. The third-order valence-electron chi connectivity index (χ3n) is 4.60. The van der Waals surface area contributed by atoms with Gasteiger partial charge < -0.3 is 19.1 Å². The number of nitrogens with zero attached hydrogens (tertiary/aromatic N) is 1. The highest BCUT2D eigenvalue weighted by molar-refractivity contribution is 7.89. The summed E-state index contributed by atoms with van der Waals surface area (Å²) in [5.41, 5.74) is 1.28. The summed E-state index contributed by atoms with van der Waals surface area (Å²) < 4.78 is 42.7. The second kappa shape index (κ2) is 9.73. The molecular formula is C21H22N2O7S. The number of nitrogens with one attached hydrogen (secondary N) is 1. The monoisotopic (exact) mass is 446 g/mol. The molecule has 10 heteroatoms. The lowest BCUT2D eigenvalue weighted by molar-refractivity contribution is -0.140. The highest BCUT2D eigenvalue weighted by atomic mass is 32.2. The minimum atomic E-state index is -3.75. The molecule has 0 aromatic heterocycles. The third kappa shape index (κ3) is 5.10. The molecule has 0 atom stereocenters. The molecule has 0 saturated heterocycles. The van der Waals surface area contributed by atoms with E-state index in [2.05, 4.69) is 4.72 Å². The molecule has 0 unspecified atom stereocenters. The number of methoxy groups -OCH3 is 2. The summed E-state index contributed by atoms with van der Waals surface area (Å²) in [7, 11) is -1.35. The largest absolute Gasteiger partial charge is 0.466 e. The zero-order chi connectivity index (χ0) is 22.4. The van der Waals surface area contributed by atoms with Crippen LogP contribution in [0.5, 0.6) is 0 Å². The zero-order valence-electron chi connectivity index (χ0n) is 17.0. The molecule has 0 saturated carbocycles. The van der Waals surface area contributed by atoms with Gasteiger partial charge in [0.2, 0.25) is 10.0 Å². The number of sulfonamides is 1. The van der Waals surface area contributed by atoms with E-state index in [-0.39, 0.29) is 36.0 Å². The van der Waals surface area contributed by atoms with Gasteiger partial charge in [-0.2, -0.15) is 0 Å². The van der Waals surface area contributed by atoms with Gasteiger partial charge in [-0.15, -0.1) is 0 Å². The standard InChI is InChI=1S/C21H22N2O7S/c1-28-20(24)18-13-30-14-23(19(18)21(25)29-2)16-8-10-17(11-9-16)31(26,27)22-12-15-6-4-3-5-7-15/h3-11,22H,12-14H2,1-2H3. The fourth-order valence-corrected chi connectivity index (χ4v) is 4.03. The van der Waals surface area contributed by atoms with Gasteiger partial charge >= 0.3 is 11.9 Å². The van der Waals surface area contributed by atoms with Crippen molar-refractivity contribution in [2.24, 2.45) is 0 Å². The molecule has 1 aliphatic heterocycles. The molecular weight excluding hydrogens is 424 g/mol. The molecule has 0 amide bonds. The molecule has 164 valence electrons.